The molecule has 2 aliphatic carbocycles. The van der Waals surface area contributed by atoms with Crippen LogP contribution >= 0.6 is 23.2 Å². The maximum absolute atomic E-state index is 14.4. The quantitative estimate of drug-likeness (QED) is 0.487. The van der Waals surface area contributed by atoms with Gasteiger partial charge in [0.05, 0.1) is 33.9 Å². The van der Waals surface area contributed by atoms with Crippen molar-refractivity contribution in [2.45, 2.75) is 42.1 Å². The fourth-order valence-corrected chi connectivity index (χ4v) is 7.86. The molecule has 0 radical (unpaired) electrons. The summed E-state index contributed by atoms with van der Waals surface area (Å²) >= 11 is 11.8. The second-order valence-electron chi connectivity index (χ2n) is 9.23. The van der Waals surface area contributed by atoms with E-state index >= 15 is 0 Å². The first-order valence-corrected chi connectivity index (χ1v) is 13.3. The number of sulfone groups is 1. The Morgan fingerprint density at radius 3 is 2.32 bits per heavy atom. The van der Waals surface area contributed by atoms with Gasteiger partial charge in [-0.05, 0) is 43.5 Å². The minimum atomic E-state index is -4.22. The molecule has 2 saturated carbocycles. The number of rotatable bonds is 8. The number of hydrogen-bond acceptors (Lipinski definition) is 6. The van der Waals surface area contributed by atoms with Crippen LogP contribution in [-0.4, -0.2) is 36.8 Å². The van der Waals surface area contributed by atoms with Gasteiger partial charge >= 0.3 is 5.97 Å². The summed E-state index contributed by atoms with van der Waals surface area (Å²) in [6.07, 6.45) is -2.60. The Morgan fingerprint density at radius 2 is 1.81 bits per heavy atom. The van der Waals surface area contributed by atoms with Crippen molar-refractivity contribution in [2.24, 2.45) is 22.5 Å². The zero-order valence-electron chi connectivity index (χ0n) is 19.0. The van der Waals surface area contributed by atoms with Gasteiger partial charge in [-0.3, -0.25) is 9.59 Å². The summed E-state index contributed by atoms with van der Waals surface area (Å²) in [5.41, 5.74) is 0.957. The fraction of sp³-hybridized carbons (Fsp3) is 0.375. The van der Waals surface area contributed by atoms with Crippen LogP contribution in [0.5, 0.6) is 0 Å². The maximum atomic E-state index is 14.4. The monoisotopic (exact) mass is 572 g/mol. The van der Waals surface area contributed by atoms with Gasteiger partial charge in [0.1, 0.15) is 22.5 Å². The summed E-state index contributed by atoms with van der Waals surface area (Å²) in [5, 5.41) is 18.4. The highest BCUT2D eigenvalue weighted by atomic mass is 35.5. The van der Waals surface area contributed by atoms with E-state index in [1.165, 1.54) is 24.3 Å². The average molecular weight is 573 g/mol. The molecule has 8 nitrogen and oxygen atoms in total. The van der Waals surface area contributed by atoms with Crippen LogP contribution in [-0.2, 0) is 30.8 Å². The fourth-order valence-electron chi connectivity index (χ4n) is 5.32. The lowest BCUT2D eigenvalue weighted by molar-refractivity contribution is -0.161. The first-order chi connectivity index (χ1) is 17.3. The Balaban J connectivity index is 1.77. The standard InChI is InChI=1S/C24H20Cl2F2N2O6S/c25-12-5-16(27)14(17(28)6-12)10-36-20-7-13(37(34,35)18-4-2-1-3-15(18)26)8-24(20,22(32)33)19-9-23(19,11-29)21(30)31/h1-6,13,19-20H,7-10H2,(H2,30,31)(H,32,33)/t13-,19?,20+,23?,24+/m0/s1. The van der Waals surface area contributed by atoms with Crippen molar-refractivity contribution in [3.63, 3.8) is 0 Å². The number of aliphatic carboxylic acids is 1. The molecule has 2 aromatic carbocycles. The van der Waals surface area contributed by atoms with Crippen molar-refractivity contribution in [2.75, 3.05) is 0 Å². The van der Waals surface area contributed by atoms with Gasteiger partial charge in [-0.2, -0.15) is 5.26 Å². The van der Waals surface area contributed by atoms with Crippen LogP contribution in [0.25, 0.3) is 0 Å². The zero-order chi connectivity index (χ0) is 27.3. The Bertz CT molecular complexity index is 1430. The van der Waals surface area contributed by atoms with Gasteiger partial charge in [-0.25, -0.2) is 17.2 Å². The number of nitrogens with zero attached hydrogens (tertiary/aromatic N) is 1. The molecular formula is C24H20Cl2F2N2O6S. The molecule has 2 unspecified atom stereocenters. The highest BCUT2D eigenvalue weighted by Gasteiger charge is 2.75. The minimum absolute atomic E-state index is 0.0759. The van der Waals surface area contributed by atoms with Crippen LogP contribution in [0.4, 0.5) is 8.78 Å². The highest BCUT2D eigenvalue weighted by molar-refractivity contribution is 7.92. The van der Waals surface area contributed by atoms with Gasteiger partial charge in [0, 0.05) is 16.5 Å². The zero-order valence-corrected chi connectivity index (χ0v) is 21.3. The third-order valence-corrected chi connectivity index (χ3v) is 10.2. The van der Waals surface area contributed by atoms with E-state index < -0.39 is 86.5 Å². The number of amides is 1. The molecule has 3 N–H and O–H groups in total. The number of carboxylic acid groups (broad SMARTS) is 1. The van der Waals surface area contributed by atoms with Crippen LogP contribution in [0.15, 0.2) is 41.3 Å². The molecule has 0 saturated heterocycles. The Morgan fingerprint density at radius 1 is 1.19 bits per heavy atom. The lowest BCUT2D eigenvalue weighted by atomic mass is 9.75. The largest absolute Gasteiger partial charge is 0.481 e. The maximum Gasteiger partial charge on any atom is 0.312 e. The van der Waals surface area contributed by atoms with E-state index in [4.69, 9.17) is 33.7 Å². The number of primary amides is 1. The molecule has 0 spiro atoms. The van der Waals surface area contributed by atoms with Crippen molar-refractivity contribution in [1.29, 1.82) is 5.26 Å². The van der Waals surface area contributed by atoms with Crippen molar-refractivity contribution >= 4 is 44.9 Å². The Labute approximate surface area is 220 Å². The van der Waals surface area contributed by atoms with Crippen LogP contribution < -0.4 is 5.73 Å². The van der Waals surface area contributed by atoms with E-state index in [2.05, 4.69) is 0 Å². The molecule has 1 amide bonds. The van der Waals surface area contributed by atoms with Gasteiger partial charge in [0.15, 0.2) is 9.84 Å². The minimum Gasteiger partial charge on any atom is -0.481 e. The van der Waals surface area contributed by atoms with Gasteiger partial charge in [0.25, 0.3) is 0 Å². The van der Waals surface area contributed by atoms with Crippen LogP contribution in [0, 0.1) is 39.7 Å². The topological polar surface area (TPSA) is 148 Å². The molecular weight excluding hydrogens is 553 g/mol. The number of nitrogens with two attached hydrogens (primary N) is 1. The molecule has 5 atom stereocenters. The van der Waals surface area contributed by atoms with Crippen molar-refractivity contribution in [3.05, 3.63) is 63.6 Å². The normalized spacial score (nSPS) is 29.0. The molecule has 0 aromatic heterocycles. The van der Waals surface area contributed by atoms with E-state index in [9.17, 15) is 37.2 Å². The predicted octanol–water partition coefficient (Wildman–Crippen LogP) is 3.88. The molecule has 13 heteroatoms. The lowest BCUT2D eigenvalue weighted by Gasteiger charge is -2.32. The summed E-state index contributed by atoms with van der Waals surface area (Å²) < 4.78 is 61.5. The van der Waals surface area contributed by atoms with Crippen molar-refractivity contribution < 1.29 is 36.6 Å². The first-order valence-electron chi connectivity index (χ1n) is 11.0. The van der Waals surface area contributed by atoms with Gasteiger partial charge in [-0.1, -0.05) is 35.3 Å². The van der Waals surface area contributed by atoms with Gasteiger partial charge in [0.2, 0.25) is 5.91 Å². The smallest absolute Gasteiger partial charge is 0.312 e. The van der Waals surface area contributed by atoms with Crippen molar-refractivity contribution in [1.82, 2.24) is 0 Å². The number of nitriles is 1. The number of halogens is 4. The van der Waals surface area contributed by atoms with Gasteiger partial charge < -0.3 is 15.6 Å². The SMILES string of the molecule is N#CC1(C(N)=O)CC1[C@]1(C(=O)O)C[C@@H](S(=O)(=O)c2ccccc2Cl)C[C@H]1OCc1c(F)cc(Cl)cc1F. The molecule has 0 aliphatic heterocycles. The number of benzene rings is 2. The van der Waals surface area contributed by atoms with Crippen LogP contribution in [0.1, 0.15) is 24.8 Å². The molecule has 2 fully saturated rings. The van der Waals surface area contributed by atoms with E-state index in [-0.39, 0.29) is 21.4 Å². The highest BCUT2D eigenvalue weighted by Crippen LogP contribution is 2.67. The third-order valence-electron chi connectivity index (χ3n) is 7.35. The van der Waals surface area contributed by atoms with Crippen LogP contribution in [0.2, 0.25) is 10.0 Å². The predicted molar refractivity (Wildman–Crippen MR) is 127 cm³/mol. The van der Waals surface area contributed by atoms with Crippen molar-refractivity contribution in [3.8, 4) is 6.07 Å². The molecule has 0 bridgehead atoms. The average Bonchev–Trinajstić information content (AvgIpc) is 3.45. The molecule has 37 heavy (non-hydrogen) atoms. The number of carbonyl (C=O) groups is 2. The number of hydrogen-bond donors (Lipinski definition) is 2. The first kappa shape index (κ1) is 27.3. The van der Waals surface area contributed by atoms with Gasteiger partial charge in [-0.15, -0.1) is 0 Å². The molecule has 196 valence electrons. The molecule has 2 aromatic rings. The molecule has 2 aliphatic rings. The Hall–Kier alpha value is -2.78. The summed E-state index contributed by atoms with van der Waals surface area (Å²) in [6, 6.07) is 9.08. The Kier molecular flexibility index (Phi) is 7.01. The number of carboxylic acids is 1. The summed E-state index contributed by atoms with van der Waals surface area (Å²) in [6.45, 7) is -0.754. The lowest BCUT2D eigenvalue weighted by Crippen LogP contribution is -2.45. The second-order valence-corrected chi connectivity index (χ2v) is 12.3. The van der Waals surface area contributed by atoms with E-state index in [0.717, 1.165) is 12.1 Å². The summed E-state index contributed by atoms with van der Waals surface area (Å²) in [7, 11) is -4.22. The van der Waals surface area contributed by atoms with Crippen LogP contribution in [0.3, 0.4) is 0 Å². The number of carbonyl (C=O) groups excluding carboxylic acids is 1. The van der Waals surface area contributed by atoms with E-state index in [1.807, 2.05) is 0 Å². The summed E-state index contributed by atoms with van der Waals surface area (Å²) in [5.74, 6) is -5.84. The summed E-state index contributed by atoms with van der Waals surface area (Å²) in [4.78, 5) is 24.7. The van der Waals surface area contributed by atoms with E-state index in [1.54, 1.807) is 6.07 Å². The second kappa shape index (κ2) is 9.51. The third kappa shape index (κ3) is 4.36. The number of ether oxygens (including phenoxy) is 1. The van der Waals surface area contributed by atoms with E-state index in [0.29, 0.717) is 0 Å². The molecule has 4 rings (SSSR count). The molecule has 0 heterocycles.